The second kappa shape index (κ2) is 4.04. The molecule has 64 valence electrons. The van der Waals surface area contributed by atoms with Gasteiger partial charge in [-0.05, 0) is 5.53 Å². The number of aldehydes is 1. The van der Waals surface area contributed by atoms with Crippen molar-refractivity contribution in [2.45, 2.75) is 0 Å². The lowest BCUT2D eigenvalue weighted by Gasteiger charge is -2.00. The van der Waals surface area contributed by atoms with E-state index in [1.807, 2.05) is 0 Å². The molecule has 0 amide bonds. The fourth-order valence-electron chi connectivity index (χ4n) is 0.966. The van der Waals surface area contributed by atoms with Crippen LogP contribution in [0.4, 0.5) is 5.69 Å². The highest BCUT2D eigenvalue weighted by Gasteiger charge is 2.02. The SMILES string of the molecule is [N-]=[N+]=Nc1cccc(C=O)c1C=N. The molecular formula is C8H6N4O. The van der Waals surface area contributed by atoms with E-state index in [-0.39, 0.29) is 0 Å². The number of hydrogen-bond acceptors (Lipinski definition) is 3. The minimum atomic E-state index is 0.294. The van der Waals surface area contributed by atoms with E-state index in [2.05, 4.69) is 10.0 Å². The highest BCUT2D eigenvalue weighted by Crippen LogP contribution is 2.19. The van der Waals surface area contributed by atoms with E-state index >= 15 is 0 Å². The number of carbonyl (C=O) groups excluding carboxylic acids is 1. The molecule has 1 rings (SSSR count). The predicted molar refractivity (Wildman–Crippen MR) is 48.5 cm³/mol. The van der Waals surface area contributed by atoms with Crippen LogP contribution in [-0.4, -0.2) is 12.5 Å². The standard InChI is InChI=1S/C8H6N4O/c9-4-7-6(5-13)2-1-3-8(7)11-12-10/h1-5,9H. The minimum Gasteiger partial charge on any atom is -0.308 e. The lowest BCUT2D eigenvalue weighted by Crippen LogP contribution is -1.89. The largest absolute Gasteiger partial charge is 0.308 e. The molecule has 0 bridgehead atoms. The second-order valence-corrected chi connectivity index (χ2v) is 2.23. The van der Waals surface area contributed by atoms with Crippen molar-refractivity contribution in [2.75, 3.05) is 0 Å². The second-order valence-electron chi connectivity index (χ2n) is 2.23. The first kappa shape index (κ1) is 8.96. The summed E-state index contributed by atoms with van der Waals surface area (Å²) in [6.07, 6.45) is 1.62. The molecule has 5 heteroatoms. The van der Waals surface area contributed by atoms with Gasteiger partial charge in [0.2, 0.25) is 0 Å². The molecular weight excluding hydrogens is 168 g/mol. The average molecular weight is 174 g/mol. The van der Waals surface area contributed by atoms with Crippen LogP contribution in [0.5, 0.6) is 0 Å². The molecule has 0 aliphatic heterocycles. The van der Waals surface area contributed by atoms with Crippen LogP contribution in [0.1, 0.15) is 15.9 Å². The minimum absolute atomic E-state index is 0.294. The summed E-state index contributed by atoms with van der Waals surface area (Å²) in [5.74, 6) is 0. The molecule has 0 radical (unpaired) electrons. The van der Waals surface area contributed by atoms with Crippen molar-refractivity contribution in [3.63, 3.8) is 0 Å². The molecule has 5 nitrogen and oxygen atoms in total. The number of rotatable bonds is 3. The Bertz CT molecular complexity index is 393. The van der Waals surface area contributed by atoms with Gasteiger partial charge in [0.15, 0.2) is 6.29 Å². The van der Waals surface area contributed by atoms with Crippen LogP contribution in [0.25, 0.3) is 10.4 Å². The third kappa shape index (κ3) is 1.72. The van der Waals surface area contributed by atoms with Crippen molar-refractivity contribution in [3.05, 3.63) is 39.8 Å². The van der Waals surface area contributed by atoms with Gasteiger partial charge in [-0.2, -0.15) is 0 Å². The van der Waals surface area contributed by atoms with E-state index in [1.165, 1.54) is 0 Å². The maximum absolute atomic E-state index is 10.5. The van der Waals surface area contributed by atoms with E-state index in [0.29, 0.717) is 23.1 Å². The summed E-state index contributed by atoms with van der Waals surface area (Å²) in [6.45, 7) is 0. The number of carbonyl (C=O) groups is 1. The number of hydrogen-bond donors (Lipinski definition) is 1. The lowest BCUT2D eigenvalue weighted by atomic mass is 10.1. The van der Waals surface area contributed by atoms with Crippen molar-refractivity contribution in [2.24, 2.45) is 5.11 Å². The van der Waals surface area contributed by atoms with Crippen LogP contribution < -0.4 is 0 Å². The molecule has 13 heavy (non-hydrogen) atoms. The van der Waals surface area contributed by atoms with Crippen molar-refractivity contribution in [1.29, 1.82) is 5.41 Å². The van der Waals surface area contributed by atoms with Crippen LogP contribution in [0.3, 0.4) is 0 Å². The molecule has 0 aliphatic rings. The fraction of sp³-hybridized carbons (Fsp3) is 0. The monoisotopic (exact) mass is 174 g/mol. The third-order valence-electron chi connectivity index (χ3n) is 1.54. The van der Waals surface area contributed by atoms with Gasteiger partial charge in [-0.1, -0.05) is 23.3 Å². The van der Waals surface area contributed by atoms with Gasteiger partial charge in [0.05, 0.1) is 0 Å². The normalized spacial score (nSPS) is 8.62. The van der Waals surface area contributed by atoms with Crippen molar-refractivity contribution >= 4 is 18.2 Å². The van der Waals surface area contributed by atoms with Crippen molar-refractivity contribution < 1.29 is 4.79 Å². The number of nitrogens with one attached hydrogen (secondary N) is 1. The summed E-state index contributed by atoms with van der Waals surface area (Å²) in [6, 6.07) is 4.71. The highest BCUT2D eigenvalue weighted by molar-refractivity contribution is 5.95. The van der Waals surface area contributed by atoms with E-state index in [9.17, 15) is 4.79 Å². The van der Waals surface area contributed by atoms with Crippen LogP contribution >= 0.6 is 0 Å². The van der Waals surface area contributed by atoms with Crippen LogP contribution in [0.2, 0.25) is 0 Å². The predicted octanol–water partition coefficient (Wildman–Crippen LogP) is 2.44. The van der Waals surface area contributed by atoms with E-state index in [4.69, 9.17) is 10.9 Å². The van der Waals surface area contributed by atoms with Gasteiger partial charge in [-0.3, -0.25) is 4.79 Å². The van der Waals surface area contributed by atoms with Gasteiger partial charge in [0, 0.05) is 27.9 Å². The molecule has 0 fully saturated rings. The smallest absolute Gasteiger partial charge is 0.150 e. The first-order chi connectivity index (χ1) is 6.33. The Balaban J connectivity index is 3.42. The maximum atomic E-state index is 10.5. The van der Waals surface area contributed by atoms with Crippen molar-refractivity contribution in [3.8, 4) is 0 Å². The lowest BCUT2D eigenvalue weighted by molar-refractivity contribution is 0.112. The molecule has 1 aromatic rings. The zero-order chi connectivity index (χ0) is 9.68. The number of nitrogens with zero attached hydrogens (tertiary/aromatic N) is 3. The van der Waals surface area contributed by atoms with Gasteiger partial charge in [0.25, 0.3) is 0 Å². The quantitative estimate of drug-likeness (QED) is 0.246. The first-order valence-corrected chi connectivity index (χ1v) is 3.47. The molecule has 0 saturated carbocycles. The van der Waals surface area contributed by atoms with Crippen LogP contribution in [0.15, 0.2) is 23.3 Å². The van der Waals surface area contributed by atoms with Crippen LogP contribution in [0, 0.1) is 5.41 Å². The number of azide groups is 1. The Morgan fingerprint density at radius 2 is 2.31 bits per heavy atom. The van der Waals surface area contributed by atoms with E-state index in [1.54, 1.807) is 18.2 Å². The molecule has 0 atom stereocenters. The van der Waals surface area contributed by atoms with E-state index < -0.39 is 0 Å². The summed E-state index contributed by atoms with van der Waals surface area (Å²) in [7, 11) is 0. The van der Waals surface area contributed by atoms with Gasteiger partial charge in [0.1, 0.15) is 0 Å². The van der Waals surface area contributed by atoms with Gasteiger partial charge >= 0.3 is 0 Å². The van der Waals surface area contributed by atoms with Crippen LogP contribution in [-0.2, 0) is 0 Å². The zero-order valence-electron chi connectivity index (χ0n) is 6.64. The Morgan fingerprint density at radius 3 is 2.85 bits per heavy atom. The molecule has 1 N–H and O–H groups in total. The molecule has 1 aromatic carbocycles. The highest BCUT2D eigenvalue weighted by atomic mass is 16.1. The third-order valence-corrected chi connectivity index (χ3v) is 1.54. The Hall–Kier alpha value is -2.13. The maximum Gasteiger partial charge on any atom is 0.150 e. The summed E-state index contributed by atoms with van der Waals surface area (Å²) < 4.78 is 0. The average Bonchev–Trinajstić information content (AvgIpc) is 2.18. The summed E-state index contributed by atoms with van der Waals surface area (Å²) in [4.78, 5) is 13.1. The van der Waals surface area contributed by atoms with Gasteiger partial charge in [-0.15, -0.1) is 0 Å². The Morgan fingerprint density at radius 1 is 1.54 bits per heavy atom. The molecule has 0 saturated heterocycles. The van der Waals surface area contributed by atoms with Gasteiger partial charge < -0.3 is 5.41 Å². The number of benzene rings is 1. The Kier molecular flexibility index (Phi) is 2.78. The summed E-state index contributed by atoms with van der Waals surface area (Å²) >= 11 is 0. The van der Waals surface area contributed by atoms with E-state index in [0.717, 1.165) is 6.21 Å². The first-order valence-electron chi connectivity index (χ1n) is 3.47. The summed E-state index contributed by atoms with van der Waals surface area (Å²) in [5, 5.41) is 10.4. The molecule has 0 aliphatic carbocycles. The molecule has 0 unspecified atom stereocenters. The summed E-state index contributed by atoms with van der Waals surface area (Å²) in [5.41, 5.74) is 9.18. The zero-order valence-corrected chi connectivity index (χ0v) is 6.64. The molecule has 0 heterocycles. The van der Waals surface area contributed by atoms with Gasteiger partial charge in [-0.25, -0.2) is 0 Å². The molecule has 0 aromatic heterocycles. The Labute approximate surface area is 74.1 Å². The van der Waals surface area contributed by atoms with Crippen molar-refractivity contribution in [1.82, 2.24) is 0 Å². The fourth-order valence-corrected chi connectivity index (χ4v) is 0.966. The molecule has 0 spiro atoms. The topological polar surface area (TPSA) is 89.7 Å².